The van der Waals surface area contributed by atoms with E-state index in [1.54, 1.807) is 0 Å². The second-order valence-electron chi connectivity index (χ2n) is 17.9. The molecule has 0 spiro atoms. The Hall–Kier alpha value is -6.66. The molecule has 60 heavy (non-hydrogen) atoms. The molecular weight excluding hydrogens is 729 g/mol. The van der Waals surface area contributed by atoms with Gasteiger partial charge in [0.25, 0.3) is 6.71 Å². The van der Waals surface area contributed by atoms with Gasteiger partial charge in [-0.15, -0.1) is 0 Å². The lowest BCUT2D eigenvalue weighted by molar-refractivity contribution is 0.689. The van der Waals surface area contributed by atoms with Gasteiger partial charge in [0.05, 0.1) is 33.3 Å². The Balaban J connectivity index is 1.26. The Kier molecular flexibility index (Phi) is 6.83. The summed E-state index contributed by atoms with van der Waals surface area (Å²) in [6.07, 6.45) is 4.60. The van der Waals surface area contributed by atoms with E-state index in [2.05, 4.69) is 164 Å². The fraction of sp³-hybridized carbons (Fsp3) is 0.185. The zero-order valence-electron chi connectivity index (χ0n) is 35.0. The van der Waals surface area contributed by atoms with Crippen molar-refractivity contribution in [3.05, 3.63) is 154 Å². The normalized spacial score (nSPS) is 13.9. The van der Waals surface area contributed by atoms with Crippen molar-refractivity contribution in [2.24, 2.45) is 0 Å². The molecule has 10 aromatic rings. The Bertz CT molecular complexity index is 3510. The third-order valence-corrected chi connectivity index (χ3v) is 14.4. The maximum Gasteiger partial charge on any atom is 0.252 e. The second kappa shape index (κ2) is 12.0. The fourth-order valence-corrected chi connectivity index (χ4v) is 11.9. The summed E-state index contributed by atoms with van der Waals surface area (Å²) in [5.74, 6) is 2.05. The molecule has 0 saturated carbocycles. The molecule has 6 heteroatoms. The summed E-state index contributed by atoms with van der Waals surface area (Å²) < 4.78 is 7.61. The average molecular weight is 774 g/mol. The van der Waals surface area contributed by atoms with E-state index in [0.717, 1.165) is 30.0 Å². The first-order valence-corrected chi connectivity index (χ1v) is 21.7. The van der Waals surface area contributed by atoms with Gasteiger partial charge in [0.2, 0.25) is 0 Å². The van der Waals surface area contributed by atoms with Crippen LogP contribution in [0.4, 0.5) is 0 Å². The number of rotatable bonds is 3. The topological polar surface area (TPSA) is 40.6 Å². The van der Waals surface area contributed by atoms with Crippen molar-refractivity contribution >= 4 is 67.0 Å². The molecule has 13 rings (SSSR count). The Morgan fingerprint density at radius 1 is 0.483 bits per heavy atom. The summed E-state index contributed by atoms with van der Waals surface area (Å²) in [5.41, 5.74) is 27.6. The van der Waals surface area contributed by atoms with E-state index >= 15 is 0 Å². The maximum absolute atomic E-state index is 5.93. The molecule has 3 aliphatic rings. The Morgan fingerprint density at radius 2 is 1.02 bits per heavy atom. The number of hydrogen-bond acceptors (Lipinski definition) is 2. The molecule has 1 aliphatic carbocycles. The average Bonchev–Trinajstić information content (AvgIpc) is 3.92. The number of nitrogens with zero attached hydrogens (tertiary/aromatic N) is 5. The Labute approximate surface area is 350 Å². The summed E-state index contributed by atoms with van der Waals surface area (Å²) in [6, 6.07) is 41.1. The van der Waals surface area contributed by atoms with E-state index in [9.17, 15) is 0 Å². The van der Waals surface area contributed by atoms with Crippen molar-refractivity contribution < 1.29 is 0 Å². The van der Waals surface area contributed by atoms with Crippen LogP contribution in [0, 0.1) is 41.5 Å². The van der Waals surface area contributed by atoms with Crippen LogP contribution in [0.5, 0.6) is 0 Å². The van der Waals surface area contributed by atoms with Crippen LogP contribution in [0.3, 0.4) is 0 Å². The monoisotopic (exact) mass is 773 g/mol. The predicted molar refractivity (Wildman–Crippen MR) is 251 cm³/mol. The zero-order chi connectivity index (χ0) is 40.3. The quantitative estimate of drug-likeness (QED) is 0.168. The number of aromatic nitrogens is 5. The molecule has 5 nitrogen and oxygen atoms in total. The number of fused-ring (bicyclic) bond motifs is 10. The van der Waals surface area contributed by atoms with Gasteiger partial charge in [-0.25, -0.2) is 9.97 Å². The van der Waals surface area contributed by atoms with Crippen LogP contribution >= 0.6 is 0 Å². The van der Waals surface area contributed by atoms with Crippen molar-refractivity contribution in [3.63, 3.8) is 0 Å². The minimum Gasteiger partial charge on any atom is -0.307 e. The number of benzene rings is 7. The zero-order valence-corrected chi connectivity index (χ0v) is 35.0. The van der Waals surface area contributed by atoms with Gasteiger partial charge in [-0.05, 0) is 146 Å². The van der Waals surface area contributed by atoms with Gasteiger partial charge < -0.3 is 4.57 Å². The first-order chi connectivity index (χ1) is 29.3. The summed E-state index contributed by atoms with van der Waals surface area (Å²) in [7, 11) is 0. The van der Waals surface area contributed by atoms with E-state index < -0.39 is 0 Å². The first kappa shape index (κ1) is 34.2. The molecule has 0 saturated heterocycles. The molecule has 288 valence electrons. The van der Waals surface area contributed by atoms with Crippen LogP contribution in [-0.2, 0) is 12.8 Å². The highest BCUT2D eigenvalue weighted by atomic mass is 15.1. The molecule has 5 heterocycles. The van der Waals surface area contributed by atoms with Crippen LogP contribution in [0.2, 0.25) is 0 Å². The number of imidazole rings is 2. The number of hydrogen-bond donors (Lipinski definition) is 0. The van der Waals surface area contributed by atoms with Gasteiger partial charge in [-0.2, -0.15) is 0 Å². The van der Waals surface area contributed by atoms with Crippen molar-refractivity contribution in [2.45, 2.75) is 67.2 Å². The molecule has 0 atom stereocenters. The molecule has 0 N–H and O–H groups in total. The van der Waals surface area contributed by atoms with Crippen molar-refractivity contribution in [2.75, 3.05) is 0 Å². The van der Waals surface area contributed by atoms with Gasteiger partial charge in [0.1, 0.15) is 17.2 Å². The van der Waals surface area contributed by atoms with Crippen LogP contribution in [0.1, 0.15) is 57.3 Å². The molecule has 3 aromatic heterocycles. The second-order valence-corrected chi connectivity index (χ2v) is 17.9. The molecule has 0 unspecified atom stereocenters. The van der Waals surface area contributed by atoms with Gasteiger partial charge in [-0.3, -0.25) is 9.13 Å². The predicted octanol–water partition coefficient (Wildman–Crippen LogP) is 10.7. The van der Waals surface area contributed by atoms with Gasteiger partial charge >= 0.3 is 0 Å². The molecule has 2 aliphatic heterocycles. The standard InChI is InChI=1S/C54H44BN5/c1-29-15-11-16-30(2)44(29)53-56-47-36-22-8-7-21-35(36)27-39-51(47)59(53)42-25-14-26-43-46(42)55(39)40-28-38-37-23-9-10-24-41(37)58(49-33(5)19-13-20-34(49)6)50(38)48-52(40)60(43)54(57-48)45-31(3)17-12-18-32(45)4/h9-20,23-28H,7-8,21-22H2,1-6H3. The first-order valence-electron chi connectivity index (χ1n) is 21.7. The van der Waals surface area contributed by atoms with E-state index in [-0.39, 0.29) is 6.71 Å². The fourth-order valence-electron chi connectivity index (χ4n) is 11.9. The Morgan fingerprint density at radius 3 is 1.67 bits per heavy atom. The maximum atomic E-state index is 5.93. The summed E-state index contributed by atoms with van der Waals surface area (Å²) >= 11 is 0. The third-order valence-electron chi connectivity index (χ3n) is 14.4. The lowest BCUT2D eigenvalue weighted by Crippen LogP contribution is -2.59. The highest BCUT2D eigenvalue weighted by Crippen LogP contribution is 2.44. The smallest absolute Gasteiger partial charge is 0.252 e. The molecule has 0 bridgehead atoms. The third kappa shape index (κ3) is 4.23. The van der Waals surface area contributed by atoms with E-state index in [1.165, 1.54) is 140 Å². The van der Waals surface area contributed by atoms with Crippen LogP contribution in [-0.4, -0.2) is 30.4 Å². The van der Waals surface area contributed by atoms with E-state index in [0.29, 0.717) is 0 Å². The highest BCUT2D eigenvalue weighted by Gasteiger charge is 2.44. The summed E-state index contributed by atoms with van der Waals surface area (Å²) in [5, 5.41) is 2.50. The van der Waals surface area contributed by atoms with Crippen molar-refractivity contribution in [3.8, 4) is 39.8 Å². The summed E-state index contributed by atoms with van der Waals surface area (Å²) in [4.78, 5) is 11.7. The van der Waals surface area contributed by atoms with E-state index in [4.69, 9.17) is 9.97 Å². The van der Waals surface area contributed by atoms with E-state index in [1.807, 2.05) is 0 Å². The highest BCUT2D eigenvalue weighted by molar-refractivity contribution is 7.00. The largest absolute Gasteiger partial charge is 0.307 e. The molecule has 7 aromatic carbocycles. The lowest BCUT2D eigenvalue weighted by atomic mass is 9.34. The molecule has 0 amide bonds. The number of aryl methyl sites for hydroxylation is 8. The van der Waals surface area contributed by atoms with Gasteiger partial charge in [0.15, 0.2) is 0 Å². The van der Waals surface area contributed by atoms with Crippen molar-refractivity contribution in [1.82, 2.24) is 23.7 Å². The molecular formula is C54H44BN5. The van der Waals surface area contributed by atoms with Crippen LogP contribution in [0.25, 0.3) is 83.7 Å². The van der Waals surface area contributed by atoms with Crippen LogP contribution in [0.15, 0.2) is 109 Å². The minimum absolute atomic E-state index is 0.00479. The lowest BCUT2D eigenvalue weighted by Gasteiger charge is -2.34. The minimum atomic E-state index is 0.00479. The number of para-hydroxylation sites is 2. The van der Waals surface area contributed by atoms with Crippen LogP contribution < -0.4 is 16.4 Å². The molecule has 0 radical (unpaired) electrons. The van der Waals surface area contributed by atoms with Crippen molar-refractivity contribution in [1.29, 1.82) is 0 Å². The van der Waals surface area contributed by atoms with Gasteiger partial charge in [-0.1, -0.05) is 91.0 Å². The van der Waals surface area contributed by atoms with Gasteiger partial charge in [0, 0.05) is 33.3 Å². The molecule has 0 fully saturated rings. The SMILES string of the molecule is Cc1cccc(C)c1-c1nc2c3c(cc4c2n1-c1cccc2c1B4c1cc4c5ccccc5n(-c5c(C)cccc5C)c4c4nc(-c5c(C)cccc5C)n-2c14)CCCC3. The summed E-state index contributed by atoms with van der Waals surface area (Å²) in [6.45, 7) is 13.5.